The fraction of sp³-hybridized carbons (Fsp3) is 0.278. The van der Waals surface area contributed by atoms with Gasteiger partial charge in [-0.2, -0.15) is 0 Å². The van der Waals surface area contributed by atoms with Crippen molar-refractivity contribution in [3.8, 4) is 5.75 Å². The van der Waals surface area contributed by atoms with Crippen molar-refractivity contribution in [2.24, 2.45) is 0 Å². The summed E-state index contributed by atoms with van der Waals surface area (Å²) in [5.74, 6) is 0.706. The van der Waals surface area contributed by atoms with Crippen molar-refractivity contribution in [1.29, 1.82) is 0 Å². The number of carbonyl (C=O) groups is 1. The van der Waals surface area contributed by atoms with Crippen LogP contribution >= 0.6 is 0 Å². The number of nitrogens with zero attached hydrogens (tertiary/aromatic N) is 1. The predicted octanol–water partition coefficient (Wildman–Crippen LogP) is 3.94. The lowest BCUT2D eigenvalue weighted by molar-refractivity contribution is 0.262. The Morgan fingerprint density at radius 1 is 1.00 bits per heavy atom. The average molecular weight is 311 g/mol. The van der Waals surface area contributed by atoms with Crippen LogP contribution in [0.15, 0.2) is 48.5 Å². The molecule has 0 aromatic heterocycles. The molecule has 5 nitrogen and oxygen atoms in total. The van der Waals surface area contributed by atoms with Crippen molar-refractivity contribution in [2.45, 2.75) is 12.8 Å². The molecule has 23 heavy (non-hydrogen) atoms. The van der Waals surface area contributed by atoms with Crippen molar-refractivity contribution < 1.29 is 9.53 Å². The molecule has 1 fully saturated rings. The number of carbonyl (C=O) groups excluding carboxylic acids is 1. The average Bonchev–Trinajstić information content (AvgIpc) is 3.10. The summed E-state index contributed by atoms with van der Waals surface area (Å²) < 4.78 is 5.14. The van der Waals surface area contributed by atoms with Gasteiger partial charge in [0.05, 0.1) is 7.11 Å². The van der Waals surface area contributed by atoms with Crippen molar-refractivity contribution in [3.63, 3.8) is 0 Å². The summed E-state index contributed by atoms with van der Waals surface area (Å²) in [4.78, 5) is 14.4. The first-order chi connectivity index (χ1) is 11.2. The van der Waals surface area contributed by atoms with E-state index in [0.29, 0.717) is 11.4 Å². The molecule has 0 bridgehead atoms. The lowest BCUT2D eigenvalue weighted by Gasteiger charge is -2.17. The normalized spacial score (nSPS) is 13.7. The van der Waals surface area contributed by atoms with Gasteiger partial charge in [0, 0.05) is 36.2 Å². The summed E-state index contributed by atoms with van der Waals surface area (Å²) in [5, 5.41) is 5.63. The molecule has 5 heteroatoms. The Kier molecular flexibility index (Phi) is 4.66. The molecule has 0 spiro atoms. The number of urea groups is 1. The van der Waals surface area contributed by atoms with Gasteiger partial charge in [0.2, 0.25) is 0 Å². The van der Waals surface area contributed by atoms with Gasteiger partial charge in [0.15, 0.2) is 0 Å². The van der Waals surface area contributed by atoms with Crippen LogP contribution in [-0.4, -0.2) is 26.2 Å². The summed E-state index contributed by atoms with van der Waals surface area (Å²) in [7, 11) is 1.60. The Morgan fingerprint density at radius 3 is 2.39 bits per heavy atom. The second kappa shape index (κ2) is 7.05. The molecule has 2 amide bonds. The van der Waals surface area contributed by atoms with E-state index in [0.717, 1.165) is 18.8 Å². The molecular formula is C18H21N3O2. The first-order valence-corrected chi connectivity index (χ1v) is 7.82. The fourth-order valence-electron chi connectivity index (χ4n) is 2.73. The number of nitrogens with one attached hydrogen (secondary N) is 2. The predicted molar refractivity (Wildman–Crippen MR) is 93.5 cm³/mol. The maximum atomic E-state index is 12.0. The quantitative estimate of drug-likeness (QED) is 0.899. The molecule has 1 saturated heterocycles. The van der Waals surface area contributed by atoms with Gasteiger partial charge in [-0.05, 0) is 49.2 Å². The van der Waals surface area contributed by atoms with E-state index in [1.165, 1.54) is 18.5 Å². The van der Waals surface area contributed by atoms with E-state index in [9.17, 15) is 4.79 Å². The zero-order valence-electron chi connectivity index (χ0n) is 13.2. The highest BCUT2D eigenvalue weighted by Crippen LogP contribution is 2.22. The molecule has 1 aliphatic heterocycles. The van der Waals surface area contributed by atoms with E-state index < -0.39 is 0 Å². The van der Waals surface area contributed by atoms with Gasteiger partial charge in [-0.3, -0.25) is 0 Å². The summed E-state index contributed by atoms with van der Waals surface area (Å²) >= 11 is 0. The Bertz CT molecular complexity index is 664. The highest BCUT2D eigenvalue weighted by atomic mass is 16.5. The van der Waals surface area contributed by atoms with Gasteiger partial charge in [-0.15, -0.1) is 0 Å². The molecule has 0 radical (unpaired) electrons. The van der Waals surface area contributed by atoms with Crippen molar-refractivity contribution in [2.75, 3.05) is 35.7 Å². The van der Waals surface area contributed by atoms with Crippen LogP contribution in [0.4, 0.5) is 21.9 Å². The first kappa shape index (κ1) is 15.2. The first-order valence-electron chi connectivity index (χ1n) is 7.82. The third-order valence-electron chi connectivity index (χ3n) is 3.92. The number of rotatable bonds is 4. The number of methoxy groups -OCH3 is 1. The Morgan fingerprint density at radius 2 is 1.70 bits per heavy atom. The summed E-state index contributed by atoms with van der Waals surface area (Å²) in [6.45, 7) is 2.23. The highest BCUT2D eigenvalue weighted by Gasteiger charge is 2.12. The highest BCUT2D eigenvalue weighted by molar-refractivity contribution is 5.99. The molecule has 0 aliphatic carbocycles. The Balaban J connectivity index is 1.58. The molecule has 3 rings (SSSR count). The number of amides is 2. The SMILES string of the molecule is COc1cccc(NC(=O)Nc2ccc(N3CCCC3)cc2)c1. The minimum Gasteiger partial charge on any atom is -0.497 e. The Labute approximate surface area is 136 Å². The molecule has 1 aliphatic rings. The van der Waals surface area contributed by atoms with Crippen molar-refractivity contribution >= 4 is 23.1 Å². The van der Waals surface area contributed by atoms with E-state index in [1.54, 1.807) is 13.2 Å². The second-order valence-corrected chi connectivity index (χ2v) is 5.55. The van der Waals surface area contributed by atoms with Crippen molar-refractivity contribution in [1.82, 2.24) is 0 Å². The van der Waals surface area contributed by atoms with Crippen LogP contribution in [0.1, 0.15) is 12.8 Å². The van der Waals surface area contributed by atoms with Crippen molar-refractivity contribution in [3.05, 3.63) is 48.5 Å². The van der Waals surface area contributed by atoms with Crippen LogP contribution in [0.25, 0.3) is 0 Å². The third-order valence-corrected chi connectivity index (χ3v) is 3.92. The molecule has 2 aromatic rings. The molecule has 120 valence electrons. The van der Waals surface area contributed by atoms with E-state index in [4.69, 9.17) is 4.74 Å². The minimum absolute atomic E-state index is 0.271. The Hall–Kier alpha value is -2.69. The van der Waals surface area contributed by atoms with Gasteiger partial charge in [0.1, 0.15) is 5.75 Å². The number of benzene rings is 2. The van der Waals surface area contributed by atoms with E-state index in [2.05, 4.69) is 15.5 Å². The molecular weight excluding hydrogens is 290 g/mol. The third kappa shape index (κ3) is 3.94. The molecule has 2 N–H and O–H groups in total. The minimum atomic E-state index is -0.271. The van der Waals surface area contributed by atoms with Gasteiger partial charge in [0.25, 0.3) is 0 Å². The van der Waals surface area contributed by atoms with Crippen LogP contribution in [0.5, 0.6) is 5.75 Å². The molecule has 2 aromatic carbocycles. The summed E-state index contributed by atoms with van der Waals surface area (Å²) in [5.41, 5.74) is 2.67. The van der Waals surface area contributed by atoms with Gasteiger partial charge >= 0.3 is 6.03 Å². The number of anilines is 3. The number of ether oxygens (including phenoxy) is 1. The number of hydrogen-bond acceptors (Lipinski definition) is 3. The fourth-order valence-corrected chi connectivity index (χ4v) is 2.73. The largest absolute Gasteiger partial charge is 0.497 e. The lowest BCUT2D eigenvalue weighted by Crippen LogP contribution is -2.20. The topological polar surface area (TPSA) is 53.6 Å². The number of hydrogen-bond donors (Lipinski definition) is 2. The lowest BCUT2D eigenvalue weighted by atomic mass is 10.2. The zero-order chi connectivity index (χ0) is 16.1. The van der Waals surface area contributed by atoms with E-state index >= 15 is 0 Å². The van der Waals surface area contributed by atoms with Crippen LogP contribution in [0.3, 0.4) is 0 Å². The van der Waals surface area contributed by atoms with Gasteiger partial charge in [-0.1, -0.05) is 6.07 Å². The summed E-state index contributed by atoms with van der Waals surface area (Å²) in [6, 6.07) is 14.9. The summed E-state index contributed by atoms with van der Waals surface area (Å²) in [6.07, 6.45) is 2.51. The second-order valence-electron chi connectivity index (χ2n) is 5.55. The van der Waals surface area contributed by atoms with Crippen LogP contribution in [0, 0.1) is 0 Å². The van der Waals surface area contributed by atoms with Crippen LogP contribution in [0.2, 0.25) is 0 Å². The molecule has 0 unspecified atom stereocenters. The van der Waals surface area contributed by atoms with Crippen LogP contribution < -0.4 is 20.3 Å². The maximum absolute atomic E-state index is 12.0. The van der Waals surface area contributed by atoms with E-state index in [-0.39, 0.29) is 6.03 Å². The van der Waals surface area contributed by atoms with Gasteiger partial charge in [-0.25, -0.2) is 4.79 Å². The molecule has 1 heterocycles. The smallest absolute Gasteiger partial charge is 0.323 e. The van der Waals surface area contributed by atoms with Crippen LogP contribution in [-0.2, 0) is 0 Å². The van der Waals surface area contributed by atoms with E-state index in [1.807, 2.05) is 42.5 Å². The zero-order valence-corrected chi connectivity index (χ0v) is 13.2. The monoisotopic (exact) mass is 311 g/mol. The van der Waals surface area contributed by atoms with Gasteiger partial charge < -0.3 is 20.3 Å². The standard InChI is InChI=1S/C18H21N3O2/c1-23-17-6-4-5-15(13-17)20-18(22)19-14-7-9-16(10-8-14)21-11-2-3-12-21/h4-10,13H,2-3,11-12H2,1H3,(H2,19,20,22). The molecule has 0 saturated carbocycles. The maximum Gasteiger partial charge on any atom is 0.323 e. The molecule has 0 atom stereocenters.